The highest BCUT2D eigenvalue weighted by atomic mass is 35.5. The molecule has 0 aromatic heterocycles. The first kappa shape index (κ1) is 21.3. The summed E-state index contributed by atoms with van der Waals surface area (Å²) in [5.41, 5.74) is 2.58. The molecule has 2 fully saturated rings. The van der Waals surface area contributed by atoms with Crippen molar-refractivity contribution in [1.82, 2.24) is 4.90 Å². The molecule has 1 aliphatic carbocycles. The van der Waals surface area contributed by atoms with E-state index >= 15 is 0 Å². The standard InChI is InChI=1S/C22H24Cl2N2O4S/c23-14-9-19-18(20(24)10-14)12-21(25-7-5-16(27)13-25)22(19)30-17-4-1-3-15(11-17)26-6-2-8-31(26,28)29/h1,3-4,9-11,16,21-22,27H,2,5-8,12-13H2/t16-,21+,22+/m1/s1. The fraction of sp³-hybridized carbons (Fsp3) is 0.455. The predicted molar refractivity (Wildman–Crippen MR) is 122 cm³/mol. The number of β-amino-alcohol motifs (C(OH)–C–C–N with tert-alkyl or cyclic N) is 1. The average molecular weight is 483 g/mol. The maximum Gasteiger partial charge on any atom is 0.235 e. The van der Waals surface area contributed by atoms with Gasteiger partial charge in [0.1, 0.15) is 11.9 Å². The zero-order chi connectivity index (χ0) is 21.8. The summed E-state index contributed by atoms with van der Waals surface area (Å²) in [6.45, 7) is 1.87. The monoisotopic (exact) mass is 482 g/mol. The molecule has 2 aromatic rings. The number of sulfonamides is 1. The van der Waals surface area contributed by atoms with Gasteiger partial charge in [0.05, 0.1) is 23.6 Å². The number of anilines is 1. The van der Waals surface area contributed by atoms with Crippen molar-refractivity contribution in [2.75, 3.05) is 29.7 Å². The lowest BCUT2D eigenvalue weighted by atomic mass is 10.1. The SMILES string of the molecule is O=S1(=O)CCCN1c1cccc(O[C@H]2c3cc(Cl)cc(Cl)c3C[C@@H]2N2CC[C@@H](O)C2)c1. The highest BCUT2D eigenvalue weighted by Gasteiger charge is 2.41. The van der Waals surface area contributed by atoms with Gasteiger partial charge >= 0.3 is 0 Å². The van der Waals surface area contributed by atoms with Crippen LogP contribution in [-0.2, 0) is 16.4 Å². The predicted octanol–water partition coefficient (Wildman–Crippen LogP) is 3.64. The number of benzene rings is 2. The van der Waals surface area contributed by atoms with Crippen LogP contribution in [0.4, 0.5) is 5.69 Å². The van der Waals surface area contributed by atoms with E-state index in [2.05, 4.69) is 4.90 Å². The van der Waals surface area contributed by atoms with Crippen molar-refractivity contribution in [3.05, 3.63) is 57.6 Å². The third-order valence-corrected chi connectivity index (χ3v) is 8.82. The Kier molecular flexibility index (Phi) is 5.59. The second kappa shape index (κ2) is 8.12. The summed E-state index contributed by atoms with van der Waals surface area (Å²) in [6.07, 6.45) is 1.41. The molecule has 2 aliphatic heterocycles. The molecule has 3 atom stereocenters. The summed E-state index contributed by atoms with van der Waals surface area (Å²) in [7, 11) is -3.27. The summed E-state index contributed by atoms with van der Waals surface area (Å²) < 4.78 is 32.6. The molecule has 0 radical (unpaired) electrons. The highest BCUT2D eigenvalue weighted by molar-refractivity contribution is 7.93. The van der Waals surface area contributed by atoms with Crippen LogP contribution in [0.2, 0.25) is 10.0 Å². The van der Waals surface area contributed by atoms with Crippen molar-refractivity contribution < 1.29 is 18.3 Å². The first-order chi connectivity index (χ1) is 14.8. The van der Waals surface area contributed by atoms with Gasteiger partial charge < -0.3 is 9.84 Å². The Morgan fingerprint density at radius 2 is 1.97 bits per heavy atom. The van der Waals surface area contributed by atoms with E-state index in [0.29, 0.717) is 47.4 Å². The van der Waals surface area contributed by atoms with Gasteiger partial charge in [-0.15, -0.1) is 0 Å². The van der Waals surface area contributed by atoms with Crippen LogP contribution in [-0.4, -0.2) is 56.0 Å². The quantitative estimate of drug-likeness (QED) is 0.719. The Balaban J connectivity index is 1.48. The third kappa shape index (κ3) is 4.02. The van der Waals surface area contributed by atoms with E-state index < -0.39 is 10.0 Å². The van der Waals surface area contributed by atoms with Crippen LogP contribution in [0.3, 0.4) is 0 Å². The van der Waals surface area contributed by atoms with Crippen LogP contribution < -0.4 is 9.04 Å². The van der Waals surface area contributed by atoms with Gasteiger partial charge in [-0.1, -0.05) is 29.3 Å². The third-order valence-electron chi connectivity index (χ3n) is 6.40. The summed E-state index contributed by atoms with van der Waals surface area (Å²) in [5, 5.41) is 11.2. The second-order valence-corrected chi connectivity index (χ2v) is 11.3. The molecular weight excluding hydrogens is 459 g/mol. The number of aliphatic hydroxyl groups excluding tert-OH is 1. The van der Waals surface area contributed by atoms with Gasteiger partial charge in [0.2, 0.25) is 10.0 Å². The summed E-state index contributed by atoms with van der Waals surface area (Å²) >= 11 is 12.8. The Labute approximate surface area is 192 Å². The van der Waals surface area contributed by atoms with E-state index in [9.17, 15) is 13.5 Å². The molecule has 2 heterocycles. The van der Waals surface area contributed by atoms with Gasteiger partial charge in [0, 0.05) is 41.3 Å². The van der Waals surface area contributed by atoms with E-state index in [4.69, 9.17) is 27.9 Å². The van der Waals surface area contributed by atoms with E-state index in [1.807, 2.05) is 18.2 Å². The number of aliphatic hydroxyl groups is 1. The van der Waals surface area contributed by atoms with Gasteiger partial charge in [-0.2, -0.15) is 0 Å². The number of halogens is 2. The lowest BCUT2D eigenvalue weighted by molar-refractivity contribution is 0.0819. The Morgan fingerprint density at radius 1 is 1.13 bits per heavy atom. The van der Waals surface area contributed by atoms with Crippen LogP contribution in [0.15, 0.2) is 36.4 Å². The van der Waals surface area contributed by atoms with Crippen molar-refractivity contribution in [3.63, 3.8) is 0 Å². The molecule has 2 aromatic carbocycles. The first-order valence-corrected chi connectivity index (χ1v) is 12.9. The molecule has 0 amide bonds. The van der Waals surface area contributed by atoms with Crippen LogP contribution in [0.1, 0.15) is 30.1 Å². The van der Waals surface area contributed by atoms with Crippen LogP contribution in [0.5, 0.6) is 5.75 Å². The van der Waals surface area contributed by atoms with Crippen LogP contribution >= 0.6 is 23.2 Å². The van der Waals surface area contributed by atoms with Gasteiger partial charge in [0.25, 0.3) is 0 Å². The van der Waals surface area contributed by atoms with E-state index in [0.717, 1.165) is 24.1 Å². The smallest absolute Gasteiger partial charge is 0.235 e. The van der Waals surface area contributed by atoms with Crippen molar-refractivity contribution in [1.29, 1.82) is 0 Å². The molecule has 3 aliphatic rings. The van der Waals surface area contributed by atoms with Crippen molar-refractivity contribution in [2.24, 2.45) is 0 Å². The largest absolute Gasteiger partial charge is 0.484 e. The number of hydrogen-bond donors (Lipinski definition) is 1. The Hall–Kier alpha value is -1.51. The number of rotatable bonds is 4. The van der Waals surface area contributed by atoms with Crippen molar-refractivity contribution >= 4 is 38.9 Å². The summed E-state index contributed by atoms with van der Waals surface area (Å²) in [5.74, 6) is 0.767. The number of ether oxygens (including phenoxy) is 1. The molecular formula is C22H24Cl2N2O4S. The average Bonchev–Trinajstić information content (AvgIpc) is 3.39. The Morgan fingerprint density at radius 3 is 2.68 bits per heavy atom. The molecule has 0 saturated carbocycles. The molecule has 2 saturated heterocycles. The molecule has 166 valence electrons. The maximum absolute atomic E-state index is 12.3. The molecule has 9 heteroatoms. The van der Waals surface area contributed by atoms with Gasteiger partial charge in [0.15, 0.2) is 0 Å². The first-order valence-electron chi connectivity index (χ1n) is 10.5. The molecule has 1 N–H and O–H groups in total. The fourth-order valence-electron chi connectivity index (χ4n) is 4.94. The molecule has 5 rings (SSSR count). The number of likely N-dealkylation sites (tertiary alicyclic amines) is 1. The van der Waals surface area contributed by atoms with E-state index in [1.165, 1.54) is 4.31 Å². The number of nitrogens with zero attached hydrogens (tertiary/aromatic N) is 2. The molecule has 0 bridgehead atoms. The van der Waals surface area contributed by atoms with Crippen LogP contribution in [0, 0.1) is 0 Å². The Bertz CT molecular complexity index is 1110. The highest BCUT2D eigenvalue weighted by Crippen LogP contribution is 2.43. The van der Waals surface area contributed by atoms with E-state index in [1.54, 1.807) is 18.2 Å². The molecule has 6 nitrogen and oxygen atoms in total. The lowest BCUT2D eigenvalue weighted by Crippen LogP contribution is -2.39. The minimum atomic E-state index is -3.27. The number of fused-ring (bicyclic) bond motifs is 1. The fourth-order valence-corrected chi connectivity index (χ4v) is 7.08. The minimum Gasteiger partial charge on any atom is -0.484 e. The minimum absolute atomic E-state index is 0.0160. The lowest BCUT2D eigenvalue weighted by Gasteiger charge is -2.30. The topological polar surface area (TPSA) is 70.1 Å². The van der Waals surface area contributed by atoms with Crippen LogP contribution in [0.25, 0.3) is 0 Å². The van der Waals surface area contributed by atoms with Gasteiger partial charge in [-0.05, 0) is 49.1 Å². The number of hydrogen-bond acceptors (Lipinski definition) is 5. The zero-order valence-corrected chi connectivity index (χ0v) is 19.2. The maximum atomic E-state index is 12.3. The van der Waals surface area contributed by atoms with Crippen molar-refractivity contribution in [3.8, 4) is 5.75 Å². The zero-order valence-electron chi connectivity index (χ0n) is 16.9. The van der Waals surface area contributed by atoms with E-state index in [-0.39, 0.29) is 24.0 Å². The van der Waals surface area contributed by atoms with Gasteiger partial charge in [-0.25, -0.2) is 8.42 Å². The molecule has 0 unspecified atom stereocenters. The molecule has 31 heavy (non-hydrogen) atoms. The van der Waals surface area contributed by atoms with Crippen molar-refractivity contribution in [2.45, 2.75) is 37.5 Å². The molecule has 0 spiro atoms. The normalized spacial score (nSPS) is 27.6. The second-order valence-electron chi connectivity index (χ2n) is 8.44. The van der Waals surface area contributed by atoms with Gasteiger partial charge in [-0.3, -0.25) is 9.21 Å². The summed E-state index contributed by atoms with van der Waals surface area (Å²) in [4.78, 5) is 2.24. The summed E-state index contributed by atoms with van der Waals surface area (Å²) in [6, 6.07) is 10.9.